The highest BCUT2D eigenvalue weighted by molar-refractivity contribution is 5.94. The number of benzene rings is 2. The molecule has 1 amide bonds. The summed E-state index contributed by atoms with van der Waals surface area (Å²) in [5, 5.41) is 2.98. The molecule has 0 aliphatic heterocycles. The van der Waals surface area contributed by atoms with E-state index in [1.54, 1.807) is 18.2 Å². The maximum Gasteiger partial charge on any atom is 0.416 e. The molecule has 2 aromatic rings. The van der Waals surface area contributed by atoms with Gasteiger partial charge in [0.25, 0.3) is 5.91 Å². The summed E-state index contributed by atoms with van der Waals surface area (Å²) >= 11 is 0. The molecule has 3 rings (SSSR count). The average Bonchev–Trinajstić information content (AvgIpc) is 2.63. The van der Waals surface area contributed by atoms with E-state index in [1.165, 1.54) is 18.2 Å². The van der Waals surface area contributed by atoms with Gasteiger partial charge in [-0.15, -0.1) is 12.4 Å². The Balaban J connectivity index is 0.00000280. The SMILES string of the molecule is Cl.NC1CCC(NC(=O)c2cccc(Oc3cccc(C(F)(F)F)c3)c2)CC1. The van der Waals surface area contributed by atoms with Crippen LogP contribution in [0.25, 0.3) is 0 Å². The van der Waals surface area contributed by atoms with Gasteiger partial charge in [-0.3, -0.25) is 4.79 Å². The fourth-order valence-corrected chi connectivity index (χ4v) is 3.11. The van der Waals surface area contributed by atoms with E-state index in [-0.39, 0.29) is 36.1 Å². The summed E-state index contributed by atoms with van der Waals surface area (Å²) in [6, 6.07) is 11.3. The summed E-state index contributed by atoms with van der Waals surface area (Å²) in [5.74, 6) is 0.126. The Hall–Kier alpha value is -2.25. The molecule has 0 heterocycles. The monoisotopic (exact) mass is 414 g/mol. The summed E-state index contributed by atoms with van der Waals surface area (Å²) in [6.07, 6.45) is -1.00. The number of carbonyl (C=O) groups excluding carboxylic acids is 1. The molecule has 1 saturated carbocycles. The van der Waals surface area contributed by atoms with Crippen LogP contribution in [0.1, 0.15) is 41.6 Å². The molecular weight excluding hydrogens is 393 g/mol. The van der Waals surface area contributed by atoms with Crippen molar-refractivity contribution in [3.05, 3.63) is 59.7 Å². The molecule has 4 nitrogen and oxygen atoms in total. The lowest BCUT2D eigenvalue weighted by Crippen LogP contribution is -2.40. The third-order valence-corrected chi connectivity index (χ3v) is 4.60. The Bertz CT molecular complexity index is 806. The standard InChI is InChI=1S/C20H21F3N2O2.ClH/c21-20(22,23)14-4-2-6-18(12-14)27-17-5-1-3-13(11-17)19(26)25-16-9-7-15(24)8-10-16;/h1-6,11-12,15-16H,7-10,24H2,(H,25,26);1H. The van der Waals surface area contributed by atoms with Crippen LogP contribution in [0.3, 0.4) is 0 Å². The van der Waals surface area contributed by atoms with Crippen LogP contribution in [0.4, 0.5) is 13.2 Å². The minimum atomic E-state index is -4.44. The van der Waals surface area contributed by atoms with E-state index in [2.05, 4.69) is 5.32 Å². The van der Waals surface area contributed by atoms with Gasteiger partial charge in [-0.05, 0) is 62.1 Å². The maximum atomic E-state index is 12.8. The van der Waals surface area contributed by atoms with Crippen LogP contribution in [0.5, 0.6) is 11.5 Å². The molecular formula is C20H22ClF3N2O2. The van der Waals surface area contributed by atoms with E-state index in [9.17, 15) is 18.0 Å². The maximum absolute atomic E-state index is 12.8. The molecule has 0 atom stereocenters. The summed E-state index contributed by atoms with van der Waals surface area (Å²) in [5.41, 5.74) is 5.48. The first-order valence-electron chi connectivity index (χ1n) is 8.83. The molecule has 0 saturated heterocycles. The molecule has 1 aliphatic rings. The number of alkyl halides is 3. The van der Waals surface area contributed by atoms with Gasteiger partial charge in [0.15, 0.2) is 0 Å². The largest absolute Gasteiger partial charge is 0.457 e. The number of hydrogen-bond acceptors (Lipinski definition) is 3. The summed E-state index contributed by atoms with van der Waals surface area (Å²) in [6.45, 7) is 0. The minimum absolute atomic E-state index is 0. The first-order chi connectivity index (χ1) is 12.8. The van der Waals surface area contributed by atoms with Crippen molar-refractivity contribution >= 4 is 18.3 Å². The second-order valence-corrected chi connectivity index (χ2v) is 6.74. The van der Waals surface area contributed by atoms with Crippen LogP contribution in [0.2, 0.25) is 0 Å². The van der Waals surface area contributed by atoms with Gasteiger partial charge in [0.05, 0.1) is 5.56 Å². The first-order valence-corrected chi connectivity index (χ1v) is 8.83. The fourth-order valence-electron chi connectivity index (χ4n) is 3.11. The van der Waals surface area contributed by atoms with Crippen molar-refractivity contribution in [1.82, 2.24) is 5.32 Å². The van der Waals surface area contributed by atoms with E-state index in [1.807, 2.05) is 0 Å². The zero-order valence-corrected chi connectivity index (χ0v) is 15.9. The molecule has 0 bridgehead atoms. The van der Waals surface area contributed by atoms with Crippen LogP contribution in [-0.2, 0) is 6.18 Å². The molecule has 3 N–H and O–H groups in total. The zero-order valence-electron chi connectivity index (χ0n) is 15.0. The fraction of sp³-hybridized carbons (Fsp3) is 0.350. The summed E-state index contributed by atoms with van der Waals surface area (Å²) < 4.78 is 43.9. The Labute approximate surface area is 167 Å². The average molecular weight is 415 g/mol. The Morgan fingerprint density at radius 1 is 1.00 bits per heavy atom. The molecule has 0 radical (unpaired) electrons. The summed E-state index contributed by atoms with van der Waals surface area (Å²) in [7, 11) is 0. The lowest BCUT2D eigenvalue weighted by atomic mass is 9.91. The van der Waals surface area contributed by atoms with E-state index in [0.29, 0.717) is 11.3 Å². The van der Waals surface area contributed by atoms with Gasteiger partial charge < -0.3 is 15.8 Å². The van der Waals surface area contributed by atoms with E-state index >= 15 is 0 Å². The van der Waals surface area contributed by atoms with Crippen molar-refractivity contribution in [1.29, 1.82) is 0 Å². The van der Waals surface area contributed by atoms with Crippen LogP contribution < -0.4 is 15.8 Å². The zero-order chi connectivity index (χ0) is 19.4. The van der Waals surface area contributed by atoms with Gasteiger partial charge in [-0.1, -0.05) is 12.1 Å². The van der Waals surface area contributed by atoms with E-state index < -0.39 is 11.7 Å². The Kier molecular flexibility index (Phi) is 7.32. The van der Waals surface area contributed by atoms with Gasteiger partial charge in [0.1, 0.15) is 11.5 Å². The Morgan fingerprint density at radius 3 is 2.25 bits per heavy atom. The number of halogens is 4. The minimum Gasteiger partial charge on any atom is -0.457 e. The molecule has 0 unspecified atom stereocenters. The topological polar surface area (TPSA) is 64.3 Å². The molecule has 8 heteroatoms. The number of amides is 1. The molecule has 1 fully saturated rings. The second-order valence-electron chi connectivity index (χ2n) is 6.74. The van der Waals surface area contributed by atoms with Crippen molar-refractivity contribution in [2.45, 2.75) is 43.9 Å². The molecule has 28 heavy (non-hydrogen) atoms. The number of rotatable bonds is 4. The van der Waals surface area contributed by atoms with Crippen LogP contribution in [0, 0.1) is 0 Å². The predicted molar refractivity (Wildman–Crippen MR) is 103 cm³/mol. The molecule has 0 spiro atoms. The highest BCUT2D eigenvalue weighted by Gasteiger charge is 2.30. The van der Waals surface area contributed by atoms with Crippen molar-refractivity contribution in [2.75, 3.05) is 0 Å². The van der Waals surface area contributed by atoms with Crippen molar-refractivity contribution in [2.24, 2.45) is 5.73 Å². The first kappa shape index (κ1) is 22.0. The van der Waals surface area contributed by atoms with Crippen LogP contribution in [-0.4, -0.2) is 18.0 Å². The molecule has 2 aromatic carbocycles. The van der Waals surface area contributed by atoms with Crippen molar-refractivity contribution in [3.8, 4) is 11.5 Å². The number of nitrogens with one attached hydrogen (secondary N) is 1. The van der Waals surface area contributed by atoms with E-state index in [0.717, 1.165) is 37.8 Å². The van der Waals surface area contributed by atoms with Gasteiger partial charge in [0.2, 0.25) is 0 Å². The lowest BCUT2D eigenvalue weighted by molar-refractivity contribution is -0.137. The van der Waals surface area contributed by atoms with E-state index in [4.69, 9.17) is 10.5 Å². The second kappa shape index (κ2) is 9.30. The van der Waals surface area contributed by atoms with Gasteiger partial charge >= 0.3 is 6.18 Å². The number of carbonyl (C=O) groups is 1. The smallest absolute Gasteiger partial charge is 0.416 e. The van der Waals surface area contributed by atoms with Gasteiger partial charge in [-0.25, -0.2) is 0 Å². The quantitative estimate of drug-likeness (QED) is 0.746. The lowest BCUT2D eigenvalue weighted by Gasteiger charge is -2.26. The number of nitrogens with two attached hydrogens (primary N) is 1. The Morgan fingerprint density at radius 2 is 1.61 bits per heavy atom. The van der Waals surface area contributed by atoms with Gasteiger partial charge in [0, 0.05) is 17.6 Å². The molecule has 0 aromatic heterocycles. The predicted octanol–water partition coefficient (Wildman–Crippen LogP) is 4.92. The number of ether oxygens (including phenoxy) is 1. The highest BCUT2D eigenvalue weighted by atomic mass is 35.5. The van der Waals surface area contributed by atoms with Crippen molar-refractivity contribution < 1.29 is 22.7 Å². The normalized spacial score (nSPS) is 19.4. The molecule has 152 valence electrons. The summed E-state index contributed by atoms with van der Waals surface area (Å²) in [4.78, 5) is 12.4. The van der Waals surface area contributed by atoms with Crippen molar-refractivity contribution in [3.63, 3.8) is 0 Å². The third-order valence-electron chi connectivity index (χ3n) is 4.60. The highest BCUT2D eigenvalue weighted by Crippen LogP contribution is 2.32. The van der Waals surface area contributed by atoms with Crippen LogP contribution in [0.15, 0.2) is 48.5 Å². The van der Waals surface area contributed by atoms with Gasteiger partial charge in [-0.2, -0.15) is 13.2 Å². The van der Waals surface area contributed by atoms with Crippen LogP contribution >= 0.6 is 12.4 Å². The third kappa shape index (κ3) is 5.87. The number of hydrogen-bond donors (Lipinski definition) is 2. The molecule has 1 aliphatic carbocycles.